The predicted octanol–water partition coefficient (Wildman–Crippen LogP) is 1.91. The van der Waals surface area contributed by atoms with Crippen LogP contribution in [0.25, 0.3) is 0 Å². The minimum Gasteiger partial charge on any atom is -0.391 e. The van der Waals surface area contributed by atoms with E-state index in [4.69, 9.17) is 0 Å². The highest BCUT2D eigenvalue weighted by molar-refractivity contribution is 5.76. The van der Waals surface area contributed by atoms with Gasteiger partial charge in [0.05, 0.1) is 6.10 Å². The van der Waals surface area contributed by atoms with Crippen LogP contribution in [0.5, 0.6) is 0 Å². The van der Waals surface area contributed by atoms with Gasteiger partial charge in [0.1, 0.15) is 0 Å². The molecular weight excluding hydrogens is 264 g/mol. The van der Waals surface area contributed by atoms with Crippen molar-refractivity contribution in [1.82, 2.24) is 4.90 Å². The lowest BCUT2D eigenvalue weighted by atomic mass is 9.95. The zero-order valence-corrected chi connectivity index (χ0v) is 13.2. The largest absolute Gasteiger partial charge is 0.391 e. The highest BCUT2D eigenvalue weighted by atomic mass is 16.3. The second-order valence-corrected chi connectivity index (χ2v) is 6.23. The number of amides is 1. The number of likely N-dealkylation sites (tertiary alicyclic amines) is 1. The summed E-state index contributed by atoms with van der Waals surface area (Å²) in [4.78, 5) is 16.1. The number of nitrogens with zero attached hydrogens (tertiary/aromatic N) is 2. The lowest BCUT2D eigenvalue weighted by Gasteiger charge is -2.34. The van der Waals surface area contributed by atoms with Crippen molar-refractivity contribution in [3.63, 3.8) is 0 Å². The van der Waals surface area contributed by atoms with Gasteiger partial charge in [-0.05, 0) is 36.5 Å². The number of aliphatic hydroxyl groups is 1. The van der Waals surface area contributed by atoms with Gasteiger partial charge in [0.25, 0.3) is 0 Å². The van der Waals surface area contributed by atoms with Crippen molar-refractivity contribution in [2.75, 3.05) is 32.1 Å². The first-order valence-electron chi connectivity index (χ1n) is 7.69. The van der Waals surface area contributed by atoms with E-state index in [1.165, 1.54) is 11.3 Å². The van der Waals surface area contributed by atoms with E-state index < -0.39 is 0 Å². The molecule has 1 aliphatic heterocycles. The maximum Gasteiger partial charge on any atom is 0.222 e. The summed E-state index contributed by atoms with van der Waals surface area (Å²) in [7, 11) is 4.03. The van der Waals surface area contributed by atoms with Gasteiger partial charge < -0.3 is 14.9 Å². The Balaban J connectivity index is 1.83. The molecule has 21 heavy (non-hydrogen) atoms. The van der Waals surface area contributed by atoms with Gasteiger partial charge in [-0.2, -0.15) is 0 Å². The van der Waals surface area contributed by atoms with E-state index in [1.54, 1.807) is 4.90 Å². The Labute approximate surface area is 127 Å². The van der Waals surface area contributed by atoms with Gasteiger partial charge in [0, 0.05) is 39.3 Å². The Morgan fingerprint density at radius 1 is 1.33 bits per heavy atom. The van der Waals surface area contributed by atoms with Gasteiger partial charge in [-0.1, -0.05) is 19.1 Å². The summed E-state index contributed by atoms with van der Waals surface area (Å²) >= 11 is 0. The molecule has 0 saturated carbocycles. The molecule has 1 aliphatic rings. The molecule has 116 valence electrons. The van der Waals surface area contributed by atoms with Crippen LogP contribution < -0.4 is 4.90 Å². The summed E-state index contributed by atoms with van der Waals surface area (Å²) in [5, 5.41) is 9.87. The second kappa shape index (κ2) is 6.94. The monoisotopic (exact) mass is 290 g/mol. The first-order valence-corrected chi connectivity index (χ1v) is 7.69. The molecule has 1 aromatic rings. The number of β-amino-alcohol motifs (C(OH)–C–C–N with tert-alkyl or cyclic N) is 1. The van der Waals surface area contributed by atoms with Crippen molar-refractivity contribution in [2.24, 2.45) is 5.92 Å². The van der Waals surface area contributed by atoms with Crippen molar-refractivity contribution in [3.8, 4) is 0 Å². The van der Waals surface area contributed by atoms with Gasteiger partial charge in [-0.25, -0.2) is 0 Å². The molecule has 2 rings (SSSR count). The van der Waals surface area contributed by atoms with Crippen LogP contribution in [-0.4, -0.2) is 49.2 Å². The van der Waals surface area contributed by atoms with Crippen LogP contribution in [0.4, 0.5) is 5.69 Å². The molecule has 2 atom stereocenters. The highest BCUT2D eigenvalue weighted by Gasteiger charge is 2.26. The van der Waals surface area contributed by atoms with Crippen LogP contribution in [0, 0.1) is 5.92 Å². The van der Waals surface area contributed by atoms with Crippen molar-refractivity contribution in [3.05, 3.63) is 29.8 Å². The first kappa shape index (κ1) is 15.8. The fourth-order valence-electron chi connectivity index (χ4n) is 2.65. The Bertz CT molecular complexity index is 470. The number of aryl methyl sites for hydroxylation is 1. The first-order chi connectivity index (χ1) is 9.97. The normalized spacial score (nSPS) is 22.2. The number of benzene rings is 1. The third kappa shape index (κ3) is 4.21. The average Bonchev–Trinajstić information content (AvgIpc) is 2.48. The minimum absolute atomic E-state index is 0.151. The molecule has 1 saturated heterocycles. The molecule has 0 radical (unpaired) electrons. The summed E-state index contributed by atoms with van der Waals surface area (Å²) in [6.45, 7) is 3.30. The van der Waals surface area contributed by atoms with Gasteiger partial charge in [-0.3, -0.25) is 4.79 Å². The minimum atomic E-state index is -0.373. The number of piperidine rings is 1. The van der Waals surface area contributed by atoms with Gasteiger partial charge in [-0.15, -0.1) is 0 Å². The molecule has 1 heterocycles. The van der Waals surface area contributed by atoms with Crippen LogP contribution in [-0.2, 0) is 11.2 Å². The molecule has 0 aromatic heterocycles. The van der Waals surface area contributed by atoms with Crippen molar-refractivity contribution < 1.29 is 9.90 Å². The van der Waals surface area contributed by atoms with E-state index in [1.807, 2.05) is 21.0 Å². The lowest BCUT2D eigenvalue weighted by Crippen LogP contribution is -2.45. The summed E-state index contributed by atoms with van der Waals surface area (Å²) in [6.07, 6.45) is 1.80. The molecule has 0 spiro atoms. The molecule has 1 amide bonds. The third-order valence-electron chi connectivity index (χ3n) is 4.35. The van der Waals surface area contributed by atoms with E-state index >= 15 is 0 Å². The zero-order chi connectivity index (χ0) is 15.4. The number of aliphatic hydroxyl groups excluding tert-OH is 1. The molecule has 0 bridgehead atoms. The second-order valence-electron chi connectivity index (χ2n) is 6.23. The molecule has 1 fully saturated rings. The average molecular weight is 290 g/mol. The summed E-state index contributed by atoms with van der Waals surface area (Å²) < 4.78 is 0. The van der Waals surface area contributed by atoms with Crippen molar-refractivity contribution in [1.29, 1.82) is 0 Å². The maximum absolute atomic E-state index is 12.2. The van der Waals surface area contributed by atoms with E-state index in [9.17, 15) is 9.90 Å². The molecule has 1 N–H and O–H groups in total. The number of carbonyl (C=O) groups excluding carboxylic acids is 1. The number of carbonyl (C=O) groups is 1. The fraction of sp³-hybridized carbons (Fsp3) is 0.588. The predicted molar refractivity (Wildman–Crippen MR) is 85.5 cm³/mol. The zero-order valence-electron chi connectivity index (χ0n) is 13.2. The summed E-state index contributed by atoms with van der Waals surface area (Å²) in [5.74, 6) is 0.449. The van der Waals surface area contributed by atoms with E-state index in [2.05, 4.69) is 29.2 Å². The van der Waals surface area contributed by atoms with E-state index in [0.29, 0.717) is 18.9 Å². The number of hydrogen-bond donors (Lipinski definition) is 1. The fourth-order valence-corrected chi connectivity index (χ4v) is 2.65. The molecule has 0 aliphatic carbocycles. The van der Waals surface area contributed by atoms with Crippen LogP contribution in [0.2, 0.25) is 0 Å². The SMILES string of the molecule is CC1CCN(C(=O)CCc2ccc(N(C)C)cc2)CC1O. The molecule has 2 unspecified atom stereocenters. The number of rotatable bonds is 4. The van der Waals surface area contributed by atoms with Crippen molar-refractivity contribution >= 4 is 11.6 Å². The van der Waals surface area contributed by atoms with Crippen LogP contribution in [0.3, 0.4) is 0 Å². The molecule has 4 nitrogen and oxygen atoms in total. The summed E-state index contributed by atoms with van der Waals surface area (Å²) in [5.41, 5.74) is 2.35. The van der Waals surface area contributed by atoms with Gasteiger partial charge in [0.2, 0.25) is 5.91 Å². The van der Waals surface area contributed by atoms with E-state index in [0.717, 1.165) is 19.4 Å². The van der Waals surface area contributed by atoms with Crippen LogP contribution >= 0.6 is 0 Å². The Morgan fingerprint density at radius 2 is 2.00 bits per heavy atom. The van der Waals surface area contributed by atoms with Gasteiger partial charge >= 0.3 is 0 Å². The Morgan fingerprint density at radius 3 is 2.57 bits per heavy atom. The Hall–Kier alpha value is -1.55. The van der Waals surface area contributed by atoms with Crippen LogP contribution in [0.1, 0.15) is 25.3 Å². The standard InChI is InChI=1S/C17H26N2O2/c1-13-10-11-19(12-16(13)20)17(21)9-6-14-4-7-15(8-5-14)18(2)3/h4-5,7-8,13,16,20H,6,9-12H2,1-3H3. The topological polar surface area (TPSA) is 43.8 Å². The van der Waals surface area contributed by atoms with Crippen LogP contribution in [0.15, 0.2) is 24.3 Å². The summed E-state index contributed by atoms with van der Waals surface area (Å²) in [6, 6.07) is 8.31. The third-order valence-corrected chi connectivity index (χ3v) is 4.35. The quantitative estimate of drug-likeness (QED) is 0.921. The molecule has 4 heteroatoms. The van der Waals surface area contributed by atoms with E-state index in [-0.39, 0.29) is 12.0 Å². The molecule has 1 aromatic carbocycles. The maximum atomic E-state index is 12.2. The highest BCUT2D eigenvalue weighted by Crippen LogP contribution is 2.18. The number of hydrogen-bond acceptors (Lipinski definition) is 3. The molecular formula is C17H26N2O2. The van der Waals surface area contributed by atoms with Crippen molar-refractivity contribution in [2.45, 2.75) is 32.3 Å². The number of anilines is 1. The lowest BCUT2D eigenvalue weighted by molar-refractivity contribution is -0.135. The van der Waals surface area contributed by atoms with Gasteiger partial charge in [0.15, 0.2) is 0 Å². The Kier molecular flexibility index (Phi) is 5.23. The smallest absolute Gasteiger partial charge is 0.222 e.